The summed E-state index contributed by atoms with van der Waals surface area (Å²) >= 11 is 0. The second kappa shape index (κ2) is 8.52. The molecule has 2 N–H and O–H groups in total. The molecule has 0 aliphatic heterocycles. The molecule has 0 unspecified atom stereocenters. The maximum Gasteiger partial charge on any atom is 0.437 e. The quantitative estimate of drug-likeness (QED) is 0.499. The van der Waals surface area contributed by atoms with Crippen molar-refractivity contribution in [1.29, 1.82) is 0 Å². The van der Waals surface area contributed by atoms with Gasteiger partial charge in [-0.25, -0.2) is 9.59 Å². The van der Waals surface area contributed by atoms with Crippen LogP contribution in [0.15, 0.2) is 28.5 Å². The van der Waals surface area contributed by atoms with Crippen molar-refractivity contribution in [3.63, 3.8) is 0 Å². The van der Waals surface area contributed by atoms with Gasteiger partial charge in [-0.2, -0.15) is 0 Å². The van der Waals surface area contributed by atoms with E-state index in [0.29, 0.717) is 22.8 Å². The average Bonchev–Trinajstić information content (AvgIpc) is 2.46. The highest BCUT2D eigenvalue weighted by molar-refractivity contribution is 5.90. The van der Waals surface area contributed by atoms with Crippen LogP contribution in [0.4, 0.5) is 21.0 Å². The van der Waals surface area contributed by atoms with E-state index in [2.05, 4.69) is 30.6 Å². The van der Waals surface area contributed by atoms with Crippen LogP contribution in [0, 0.1) is 6.92 Å². The molecule has 0 aliphatic carbocycles. The Morgan fingerprint density at radius 3 is 1.96 bits per heavy atom. The summed E-state index contributed by atoms with van der Waals surface area (Å²) in [6.45, 7) is 8.61. The van der Waals surface area contributed by atoms with E-state index in [4.69, 9.17) is 0 Å². The van der Waals surface area contributed by atoms with E-state index in [1.54, 1.807) is 52.8 Å². The highest BCUT2D eigenvalue weighted by atomic mass is 16.7. The maximum absolute atomic E-state index is 11.6. The predicted octanol–water partition coefficient (Wildman–Crippen LogP) is 3.88. The third kappa shape index (κ3) is 7.07. The Morgan fingerprint density at radius 2 is 1.43 bits per heavy atom. The molecule has 0 aromatic heterocycles. The zero-order valence-corrected chi connectivity index (χ0v) is 13.8. The van der Waals surface area contributed by atoms with Crippen LogP contribution in [0.3, 0.4) is 0 Å². The Morgan fingerprint density at radius 1 is 0.913 bits per heavy atom. The number of nitrogens with zero attached hydrogens (tertiary/aromatic N) is 2. The third-order valence-electron chi connectivity index (χ3n) is 2.34. The molecule has 1 rings (SSSR count). The lowest BCUT2D eigenvalue weighted by Crippen LogP contribution is -2.14. The van der Waals surface area contributed by atoms with Gasteiger partial charge in [-0.1, -0.05) is 16.4 Å². The van der Waals surface area contributed by atoms with Crippen LogP contribution in [-0.4, -0.2) is 23.6 Å². The third-order valence-corrected chi connectivity index (χ3v) is 2.34. The molecule has 2 amide bonds. The van der Waals surface area contributed by atoms with Gasteiger partial charge in [0.05, 0.1) is 11.4 Å². The fraction of sp³-hybridized carbons (Fsp3) is 0.333. The number of hydrogen-bond acceptors (Lipinski definition) is 6. The van der Waals surface area contributed by atoms with Crippen LogP contribution < -0.4 is 10.6 Å². The van der Waals surface area contributed by atoms with Crippen LogP contribution in [0.5, 0.6) is 0 Å². The highest BCUT2D eigenvalue weighted by Crippen LogP contribution is 2.20. The normalized spacial score (nSPS) is 9.43. The van der Waals surface area contributed by atoms with Crippen molar-refractivity contribution in [2.24, 2.45) is 10.3 Å². The molecule has 0 spiro atoms. The monoisotopic (exact) mass is 320 g/mol. The van der Waals surface area contributed by atoms with Crippen LogP contribution in [0.25, 0.3) is 0 Å². The molecular weight excluding hydrogens is 300 g/mol. The SMILES string of the molecule is CC(C)=NOC(=O)Nc1ccc(C)c(NC(=O)ON=C(C)C)c1. The van der Waals surface area contributed by atoms with Gasteiger partial charge in [-0.05, 0) is 52.3 Å². The lowest BCUT2D eigenvalue weighted by atomic mass is 10.2. The molecule has 0 aliphatic rings. The topological polar surface area (TPSA) is 101 Å². The second-order valence-corrected chi connectivity index (χ2v) is 5.11. The molecule has 0 heterocycles. The van der Waals surface area contributed by atoms with Crippen molar-refractivity contribution in [1.82, 2.24) is 0 Å². The van der Waals surface area contributed by atoms with E-state index in [1.807, 2.05) is 0 Å². The van der Waals surface area contributed by atoms with E-state index in [0.717, 1.165) is 5.56 Å². The first-order chi connectivity index (χ1) is 10.8. The van der Waals surface area contributed by atoms with Crippen LogP contribution >= 0.6 is 0 Å². The summed E-state index contributed by atoms with van der Waals surface area (Å²) in [6, 6.07) is 4.97. The van der Waals surface area contributed by atoms with Crippen LogP contribution in [-0.2, 0) is 9.68 Å². The Bertz CT molecular complexity index is 645. The van der Waals surface area contributed by atoms with E-state index < -0.39 is 12.2 Å². The minimum atomic E-state index is -0.727. The number of hydrogen-bond donors (Lipinski definition) is 2. The molecular formula is C15H20N4O4. The van der Waals surface area contributed by atoms with Crippen molar-refractivity contribution in [3.05, 3.63) is 23.8 Å². The summed E-state index contributed by atoms with van der Waals surface area (Å²) in [5, 5.41) is 12.2. The summed E-state index contributed by atoms with van der Waals surface area (Å²) < 4.78 is 0. The van der Waals surface area contributed by atoms with Crippen molar-refractivity contribution < 1.29 is 19.3 Å². The molecule has 1 aromatic rings. The van der Waals surface area contributed by atoms with E-state index in [-0.39, 0.29) is 0 Å². The van der Waals surface area contributed by atoms with E-state index >= 15 is 0 Å². The standard InChI is InChI=1S/C15H20N4O4/c1-9(2)18-22-14(20)16-12-7-6-11(5)13(8-12)17-15(21)23-19-10(3)4/h6-8H,1-5H3,(H,16,20)(H,17,21). The minimum absolute atomic E-state index is 0.440. The zero-order chi connectivity index (χ0) is 17.4. The van der Waals surface area contributed by atoms with Gasteiger partial charge in [0.25, 0.3) is 0 Å². The predicted molar refractivity (Wildman–Crippen MR) is 89.0 cm³/mol. The smallest absolute Gasteiger partial charge is 0.298 e. The summed E-state index contributed by atoms with van der Waals surface area (Å²) in [6.07, 6.45) is -1.45. The number of carbonyl (C=O) groups excluding carboxylic acids is 2. The van der Waals surface area contributed by atoms with E-state index in [1.165, 1.54) is 0 Å². The molecule has 23 heavy (non-hydrogen) atoms. The summed E-state index contributed by atoms with van der Waals surface area (Å²) in [5.74, 6) is 0. The molecule has 0 saturated heterocycles. The number of benzene rings is 1. The average molecular weight is 320 g/mol. The minimum Gasteiger partial charge on any atom is -0.298 e. The van der Waals surface area contributed by atoms with Gasteiger partial charge >= 0.3 is 12.2 Å². The van der Waals surface area contributed by atoms with Gasteiger partial charge in [0.1, 0.15) is 0 Å². The van der Waals surface area contributed by atoms with Gasteiger partial charge < -0.3 is 0 Å². The molecule has 8 heteroatoms. The summed E-state index contributed by atoms with van der Waals surface area (Å²) in [7, 11) is 0. The van der Waals surface area contributed by atoms with Crippen molar-refractivity contribution >= 4 is 35.0 Å². The van der Waals surface area contributed by atoms with Crippen molar-refractivity contribution in [2.45, 2.75) is 34.6 Å². The van der Waals surface area contributed by atoms with Gasteiger partial charge in [-0.3, -0.25) is 20.3 Å². The lowest BCUT2D eigenvalue weighted by molar-refractivity contribution is 0.165. The second-order valence-electron chi connectivity index (χ2n) is 5.11. The van der Waals surface area contributed by atoms with Crippen molar-refractivity contribution in [3.8, 4) is 0 Å². The Balaban J connectivity index is 2.75. The maximum atomic E-state index is 11.6. The van der Waals surface area contributed by atoms with Gasteiger partial charge in [0, 0.05) is 11.4 Å². The first-order valence-corrected chi connectivity index (χ1v) is 6.87. The van der Waals surface area contributed by atoms with Gasteiger partial charge in [0.15, 0.2) is 0 Å². The number of nitrogens with one attached hydrogen (secondary N) is 2. The number of carbonyl (C=O) groups is 2. The fourth-order valence-corrected chi connectivity index (χ4v) is 1.37. The Hall–Kier alpha value is -2.90. The number of anilines is 2. The highest BCUT2D eigenvalue weighted by Gasteiger charge is 2.09. The molecule has 8 nitrogen and oxygen atoms in total. The summed E-state index contributed by atoms with van der Waals surface area (Å²) in [4.78, 5) is 32.4. The number of amides is 2. The molecule has 0 atom stereocenters. The molecule has 1 aromatic carbocycles. The number of rotatable bonds is 4. The number of aryl methyl sites for hydroxylation is 1. The van der Waals surface area contributed by atoms with Gasteiger partial charge in [0.2, 0.25) is 0 Å². The van der Waals surface area contributed by atoms with Crippen molar-refractivity contribution in [2.75, 3.05) is 10.6 Å². The molecule has 0 bridgehead atoms. The summed E-state index contributed by atoms with van der Waals surface area (Å²) in [5.41, 5.74) is 2.94. The fourth-order valence-electron chi connectivity index (χ4n) is 1.37. The zero-order valence-electron chi connectivity index (χ0n) is 13.8. The van der Waals surface area contributed by atoms with E-state index in [9.17, 15) is 9.59 Å². The molecule has 124 valence electrons. The molecule has 0 fully saturated rings. The molecule has 0 saturated carbocycles. The largest absolute Gasteiger partial charge is 0.437 e. The first-order valence-electron chi connectivity index (χ1n) is 6.87. The Kier molecular flexibility index (Phi) is 6.72. The molecule has 0 radical (unpaired) electrons. The lowest BCUT2D eigenvalue weighted by Gasteiger charge is -2.09. The van der Waals surface area contributed by atoms with Crippen LogP contribution in [0.1, 0.15) is 33.3 Å². The van der Waals surface area contributed by atoms with Gasteiger partial charge in [-0.15, -0.1) is 0 Å². The first kappa shape index (κ1) is 18.1. The Labute approximate surface area is 134 Å². The number of oxime groups is 2. The van der Waals surface area contributed by atoms with Crippen LogP contribution in [0.2, 0.25) is 0 Å².